The predicted octanol–water partition coefficient (Wildman–Crippen LogP) is 5.35. The third-order valence-electron chi connectivity index (χ3n) is 2.94. The molecule has 1 aromatic heterocycles. The maximum absolute atomic E-state index is 9.23. The SMILES string of the molecule is CCCCn1c(/N=C/c2ccccc2Cl)c(C#N)sc1=S. The Hall–Kier alpha value is -1.48. The van der Waals surface area contributed by atoms with Gasteiger partial charge in [0.1, 0.15) is 6.07 Å². The molecule has 0 unspecified atom stereocenters. The molecule has 0 atom stereocenters. The minimum Gasteiger partial charge on any atom is -0.307 e. The largest absolute Gasteiger partial charge is 0.307 e. The first-order valence-electron chi connectivity index (χ1n) is 6.59. The van der Waals surface area contributed by atoms with Crippen LogP contribution in [0.3, 0.4) is 0 Å². The first kappa shape index (κ1) is 15.9. The molecule has 0 saturated carbocycles. The summed E-state index contributed by atoms with van der Waals surface area (Å²) in [4.78, 5) is 5.00. The zero-order valence-corrected chi connectivity index (χ0v) is 13.9. The van der Waals surface area contributed by atoms with Crippen molar-refractivity contribution in [3.05, 3.63) is 43.7 Å². The molecule has 0 fully saturated rings. The standard InChI is InChI=1S/C15H14ClN3S2/c1-2-3-8-19-14(13(9-17)21-15(19)20)18-10-11-6-4-5-7-12(11)16/h4-7,10H,2-3,8H2,1H3/b18-10+. The fourth-order valence-corrected chi connectivity index (χ4v) is 3.20. The molecular formula is C15H14ClN3S2. The predicted molar refractivity (Wildman–Crippen MR) is 91.5 cm³/mol. The van der Waals surface area contributed by atoms with Crippen LogP contribution < -0.4 is 0 Å². The summed E-state index contributed by atoms with van der Waals surface area (Å²) in [7, 11) is 0. The summed E-state index contributed by atoms with van der Waals surface area (Å²) in [6.07, 6.45) is 3.75. The molecule has 0 aliphatic carbocycles. The molecule has 0 spiro atoms. The van der Waals surface area contributed by atoms with Gasteiger partial charge >= 0.3 is 0 Å². The summed E-state index contributed by atoms with van der Waals surface area (Å²) < 4.78 is 2.61. The molecule has 0 aliphatic heterocycles. The molecule has 108 valence electrons. The number of aromatic nitrogens is 1. The topological polar surface area (TPSA) is 41.1 Å². The van der Waals surface area contributed by atoms with Crippen LogP contribution in [0.1, 0.15) is 30.2 Å². The molecule has 0 amide bonds. The van der Waals surface area contributed by atoms with E-state index in [1.807, 2.05) is 28.8 Å². The van der Waals surface area contributed by atoms with Crippen LogP contribution in [0.5, 0.6) is 0 Å². The number of hydrogen-bond donors (Lipinski definition) is 0. The van der Waals surface area contributed by atoms with Gasteiger partial charge in [-0.05, 0) is 24.7 Å². The quantitative estimate of drug-likeness (QED) is 0.545. The zero-order valence-electron chi connectivity index (χ0n) is 11.5. The van der Waals surface area contributed by atoms with Gasteiger partial charge in [0, 0.05) is 23.3 Å². The summed E-state index contributed by atoms with van der Waals surface area (Å²) in [6.45, 7) is 2.90. The van der Waals surface area contributed by atoms with Crippen molar-refractivity contribution >= 4 is 47.2 Å². The molecule has 0 aliphatic rings. The van der Waals surface area contributed by atoms with E-state index in [0.717, 1.165) is 24.9 Å². The van der Waals surface area contributed by atoms with Crippen molar-refractivity contribution in [2.45, 2.75) is 26.3 Å². The van der Waals surface area contributed by atoms with Crippen LogP contribution in [0.4, 0.5) is 5.82 Å². The van der Waals surface area contributed by atoms with E-state index < -0.39 is 0 Å². The average Bonchev–Trinajstić information content (AvgIpc) is 2.79. The smallest absolute Gasteiger partial charge is 0.164 e. The Morgan fingerprint density at radius 3 is 2.90 bits per heavy atom. The van der Waals surface area contributed by atoms with Crippen LogP contribution in [-0.2, 0) is 6.54 Å². The summed E-state index contributed by atoms with van der Waals surface area (Å²) in [5.41, 5.74) is 0.821. The first-order chi connectivity index (χ1) is 10.2. The summed E-state index contributed by atoms with van der Waals surface area (Å²) in [5, 5.41) is 9.87. The Morgan fingerprint density at radius 2 is 2.24 bits per heavy atom. The lowest BCUT2D eigenvalue weighted by molar-refractivity contribution is 0.635. The van der Waals surface area contributed by atoms with Crippen LogP contribution in [-0.4, -0.2) is 10.8 Å². The number of hydrogen-bond acceptors (Lipinski definition) is 4. The minimum absolute atomic E-state index is 0.541. The fourth-order valence-electron chi connectivity index (χ4n) is 1.82. The minimum atomic E-state index is 0.541. The molecule has 1 heterocycles. The Balaban J connectivity index is 2.41. The highest BCUT2D eigenvalue weighted by Gasteiger charge is 2.11. The molecule has 6 heteroatoms. The molecule has 2 rings (SSSR count). The Kier molecular flexibility index (Phi) is 5.68. The van der Waals surface area contributed by atoms with Crippen LogP contribution in [0, 0.1) is 15.3 Å². The number of thiazole rings is 1. The maximum atomic E-state index is 9.23. The van der Waals surface area contributed by atoms with Gasteiger partial charge in [-0.3, -0.25) is 0 Å². The van der Waals surface area contributed by atoms with Gasteiger partial charge in [-0.2, -0.15) is 5.26 Å². The number of rotatable bonds is 5. The number of benzene rings is 1. The molecule has 2 aromatic rings. The Labute approximate surface area is 138 Å². The van der Waals surface area contributed by atoms with Crippen LogP contribution in [0.15, 0.2) is 29.3 Å². The van der Waals surface area contributed by atoms with E-state index in [9.17, 15) is 5.26 Å². The van der Waals surface area contributed by atoms with Crippen molar-refractivity contribution in [3.63, 3.8) is 0 Å². The highest BCUT2D eigenvalue weighted by atomic mass is 35.5. The second-order valence-corrected chi connectivity index (χ2v) is 6.47. The third kappa shape index (κ3) is 3.79. The van der Waals surface area contributed by atoms with Crippen LogP contribution >= 0.6 is 35.2 Å². The molecular weight excluding hydrogens is 322 g/mol. The molecule has 21 heavy (non-hydrogen) atoms. The van der Waals surface area contributed by atoms with E-state index in [4.69, 9.17) is 23.8 Å². The van der Waals surface area contributed by atoms with Gasteiger partial charge in [0.05, 0.1) is 0 Å². The highest BCUT2D eigenvalue weighted by molar-refractivity contribution is 7.73. The number of unbranched alkanes of at least 4 members (excludes halogenated alkanes) is 1. The van der Waals surface area contributed by atoms with Gasteiger partial charge in [0.2, 0.25) is 0 Å². The average molecular weight is 336 g/mol. The number of halogens is 1. The van der Waals surface area contributed by atoms with E-state index in [-0.39, 0.29) is 0 Å². The Bertz CT molecular complexity index is 753. The molecule has 0 bridgehead atoms. The molecule has 3 nitrogen and oxygen atoms in total. The maximum Gasteiger partial charge on any atom is 0.164 e. The Morgan fingerprint density at radius 1 is 1.48 bits per heavy atom. The van der Waals surface area contributed by atoms with E-state index in [1.165, 1.54) is 11.3 Å². The van der Waals surface area contributed by atoms with Crippen LogP contribution in [0.2, 0.25) is 5.02 Å². The number of aliphatic imine (C=N–C) groups is 1. The third-order valence-corrected chi connectivity index (χ3v) is 4.62. The lowest BCUT2D eigenvalue weighted by atomic mass is 10.2. The number of nitrogens with zero attached hydrogens (tertiary/aromatic N) is 3. The van der Waals surface area contributed by atoms with Gasteiger partial charge < -0.3 is 4.57 Å². The van der Waals surface area contributed by atoms with Gasteiger partial charge in [-0.1, -0.05) is 54.5 Å². The van der Waals surface area contributed by atoms with E-state index in [2.05, 4.69) is 18.0 Å². The summed E-state index contributed by atoms with van der Waals surface area (Å²) in [5.74, 6) is 0.626. The first-order valence-corrected chi connectivity index (χ1v) is 8.20. The number of nitriles is 1. The monoisotopic (exact) mass is 335 g/mol. The molecule has 0 saturated heterocycles. The van der Waals surface area contributed by atoms with E-state index >= 15 is 0 Å². The molecule has 0 N–H and O–H groups in total. The van der Waals surface area contributed by atoms with E-state index in [1.54, 1.807) is 6.21 Å². The fraction of sp³-hybridized carbons (Fsp3) is 0.267. The van der Waals surface area contributed by atoms with Crippen molar-refractivity contribution in [1.82, 2.24) is 4.57 Å². The summed E-state index contributed by atoms with van der Waals surface area (Å²) >= 11 is 12.7. The van der Waals surface area contributed by atoms with Crippen molar-refractivity contribution < 1.29 is 0 Å². The van der Waals surface area contributed by atoms with E-state index in [0.29, 0.717) is 19.7 Å². The van der Waals surface area contributed by atoms with Gasteiger partial charge in [0.25, 0.3) is 0 Å². The van der Waals surface area contributed by atoms with Gasteiger partial charge in [-0.25, -0.2) is 4.99 Å². The highest BCUT2D eigenvalue weighted by Crippen LogP contribution is 2.27. The normalized spacial score (nSPS) is 10.9. The molecule has 0 radical (unpaired) electrons. The van der Waals surface area contributed by atoms with Crippen molar-refractivity contribution in [1.29, 1.82) is 5.26 Å². The lowest BCUT2D eigenvalue weighted by Crippen LogP contribution is -1.97. The second kappa shape index (κ2) is 7.51. The van der Waals surface area contributed by atoms with Gasteiger partial charge in [0.15, 0.2) is 14.6 Å². The zero-order chi connectivity index (χ0) is 15.2. The summed E-state index contributed by atoms with van der Waals surface area (Å²) in [6, 6.07) is 9.63. The van der Waals surface area contributed by atoms with Crippen molar-refractivity contribution in [3.8, 4) is 6.07 Å². The molecule has 1 aromatic carbocycles. The van der Waals surface area contributed by atoms with Crippen molar-refractivity contribution in [2.75, 3.05) is 0 Å². The van der Waals surface area contributed by atoms with Crippen molar-refractivity contribution in [2.24, 2.45) is 4.99 Å². The lowest BCUT2D eigenvalue weighted by Gasteiger charge is -2.04. The second-order valence-electron chi connectivity index (χ2n) is 4.42. The van der Waals surface area contributed by atoms with Crippen LogP contribution in [0.25, 0.3) is 0 Å². The van der Waals surface area contributed by atoms with Gasteiger partial charge in [-0.15, -0.1) is 0 Å².